The molecule has 0 radical (unpaired) electrons. The van der Waals surface area contributed by atoms with Gasteiger partial charge in [-0.05, 0) is 0 Å². The average molecular weight is 152 g/mol. The van der Waals surface area contributed by atoms with Crippen molar-refractivity contribution in [3.05, 3.63) is 0 Å². The van der Waals surface area contributed by atoms with E-state index in [1.165, 1.54) is 0 Å². The monoisotopic (exact) mass is 152 g/mol. The molecule has 0 unspecified atom stereocenters. The van der Waals surface area contributed by atoms with E-state index in [2.05, 4.69) is 0 Å². The summed E-state index contributed by atoms with van der Waals surface area (Å²) in [5, 5.41) is 0. The van der Waals surface area contributed by atoms with Crippen molar-refractivity contribution in [1.29, 1.82) is 0 Å². The van der Waals surface area contributed by atoms with Crippen LogP contribution in [0.15, 0.2) is 0 Å². The molecule has 0 aliphatic heterocycles. The van der Waals surface area contributed by atoms with Gasteiger partial charge in [0.2, 0.25) is 0 Å². The topological polar surface area (TPSA) is 63.2 Å². The molecule has 0 bridgehead atoms. The van der Waals surface area contributed by atoms with E-state index in [0.717, 1.165) is 0 Å². The molecule has 0 fully saturated rings. The molecule has 0 saturated heterocycles. The first-order valence-corrected chi connectivity index (χ1v) is 2.52. The van der Waals surface area contributed by atoms with E-state index in [1.54, 1.807) is 0 Å². The summed E-state index contributed by atoms with van der Waals surface area (Å²) in [5.41, 5.74) is 0. The molecule has 32 valence electrons. The molecule has 0 aromatic heterocycles. The molecule has 0 aliphatic carbocycles. The summed E-state index contributed by atoms with van der Waals surface area (Å²) in [4.78, 5) is 0. The third kappa shape index (κ3) is 43.7. The van der Waals surface area contributed by atoms with Gasteiger partial charge >= 0.3 is 67.1 Å². The van der Waals surface area contributed by atoms with E-state index in [9.17, 15) is 0 Å². The second-order valence-corrected chi connectivity index (χ2v) is 1.03. The average Bonchev–Trinajstić information content (AvgIpc) is 0.811. The van der Waals surface area contributed by atoms with Gasteiger partial charge in [-0.25, -0.2) is 0 Å². The first kappa shape index (κ1) is 15.6. The van der Waals surface area contributed by atoms with Gasteiger partial charge in [-0.1, -0.05) is 7.43 Å². The Morgan fingerprint density at radius 1 is 1.33 bits per heavy atom. The summed E-state index contributed by atoms with van der Waals surface area (Å²) in [6.07, 6.45) is 0. The van der Waals surface area contributed by atoms with Gasteiger partial charge in [-0.3, -0.25) is 0 Å². The molecule has 0 N–H and O–H groups in total. The van der Waals surface area contributed by atoms with Crippen molar-refractivity contribution in [3.8, 4) is 0 Å². The van der Waals surface area contributed by atoms with Crippen LogP contribution in [-0.4, -0.2) is 37.7 Å². The minimum absolute atomic E-state index is 0. The zero-order chi connectivity index (χ0) is 3.58. The second-order valence-electron chi connectivity index (χ2n) is 0.250. The Morgan fingerprint density at radius 3 is 1.33 bits per heavy atom. The molecule has 0 saturated carbocycles. The Hall–Kier alpha value is 1.69. The fraction of sp³-hybridized carbons (Fsp3) is 1.00. The second kappa shape index (κ2) is 9.85. The van der Waals surface area contributed by atoms with Crippen LogP contribution in [0.5, 0.6) is 0 Å². The predicted molar refractivity (Wildman–Crippen MR) is 13.2 cm³/mol. The Balaban J connectivity index is -0.0000000450. The van der Waals surface area contributed by atoms with E-state index in [1.807, 2.05) is 0 Å². The van der Waals surface area contributed by atoms with Gasteiger partial charge in [-0.2, -0.15) is 0 Å². The van der Waals surface area contributed by atoms with Gasteiger partial charge in [0.15, 0.2) is 0 Å². The van der Waals surface area contributed by atoms with Crippen LogP contribution in [0.25, 0.3) is 0 Å². The molecule has 0 aromatic carbocycles. The first-order valence-electron chi connectivity index (χ1n) is 0.612. The molecule has 0 spiro atoms. The number of hydrogen-bond acceptors (Lipinski definition) is 3. The van der Waals surface area contributed by atoms with Crippen molar-refractivity contribution in [2.24, 2.45) is 0 Å². The van der Waals surface area contributed by atoms with Crippen LogP contribution in [0.2, 0.25) is 0 Å². The molecular weight excluding hydrogens is 148 g/mol. The van der Waals surface area contributed by atoms with E-state index >= 15 is 0 Å². The predicted octanol–water partition coefficient (Wildman–Crippen LogP) is -2.24. The van der Waals surface area contributed by atoms with Gasteiger partial charge in [0, 0.05) is 0 Å². The first-order chi connectivity index (χ1) is 1.73. The Morgan fingerprint density at radius 2 is 1.33 bits per heavy atom. The van der Waals surface area contributed by atoms with Crippen molar-refractivity contribution in [3.63, 3.8) is 0 Å². The summed E-state index contributed by atoms with van der Waals surface area (Å²) >= 11 is -4.08. The standard InChI is InChI=1S/CH4.Ca.3O.Ti/h1H4;;;;;/q;+2;;2*-1;. The van der Waals surface area contributed by atoms with Crippen LogP contribution in [-0.2, 0) is 21.9 Å². The third-order valence-corrected chi connectivity index (χ3v) is 0. The minimum atomic E-state index is -4.08. The molecule has 0 atom stereocenters. The normalized spacial score (nSPS) is 4.33. The van der Waals surface area contributed by atoms with Gasteiger partial charge in [0.05, 0.1) is 0 Å². The van der Waals surface area contributed by atoms with E-state index < -0.39 is 18.6 Å². The fourth-order valence-electron chi connectivity index (χ4n) is 0. The van der Waals surface area contributed by atoms with Crippen LogP contribution < -0.4 is 7.38 Å². The van der Waals surface area contributed by atoms with Crippen LogP contribution in [0.4, 0.5) is 0 Å². The summed E-state index contributed by atoms with van der Waals surface area (Å²) in [5.74, 6) is 0. The van der Waals surface area contributed by atoms with Crippen molar-refractivity contribution in [2.75, 3.05) is 0 Å². The number of rotatable bonds is 0. The fourth-order valence-corrected chi connectivity index (χ4v) is 0. The molecule has 0 heterocycles. The maximum atomic E-state index is 8.58. The van der Waals surface area contributed by atoms with E-state index in [-0.39, 0.29) is 45.2 Å². The summed E-state index contributed by atoms with van der Waals surface area (Å²) in [7, 11) is 0. The maximum absolute atomic E-state index is 8.58. The summed E-state index contributed by atoms with van der Waals surface area (Å²) in [6.45, 7) is 0. The van der Waals surface area contributed by atoms with Crippen molar-refractivity contribution < 1.29 is 29.3 Å². The van der Waals surface area contributed by atoms with Crippen molar-refractivity contribution in [2.45, 2.75) is 7.43 Å². The van der Waals surface area contributed by atoms with Crippen LogP contribution in [0.3, 0.4) is 0 Å². The van der Waals surface area contributed by atoms with Crippen LogP contribution in [0, 0.1) is 0 Å². The van der Waals surface area contributed by atoms with Gasteiger partial charge in [-0.15, -0.1) is 0 Å². The Bertz CT molecular complexity index is 33.8. The van der Waals surface area contributed by atoms with Crippen LogP contribution in [0.1, 0.15) is 7.43 Å². The molecule has 6 heavy (non-hydrogen) atoms. The molecule has 0 rings (SSSR count). The quantitative estimate of drug-likeness (QED) is 0.368. The molecular formula is CH4CaO3Ti. The van der Waals surface area contributed by atoms with Gasteiger partial charge < -0.3 is 0 Å². The zero-order valence-corrected chi connectivity index (χ0v) is 6.20. The van der Waals surface area contributed by atoms with Gasteiger partial charge in [0.1, 0.15) is 0 Å². The molecule has 0 aromatic rings. The third-order valence-electron chi connectivity index (χ3n) is 0. The zero-order valence-electron chi connectivity index (χ0n) is 2.43. The van der Waals surface area contributed by atoms with E-state index in [4.69, 9.17) is 10.7 Å². The SMILES string of the molecule is C.[Ca+2].[O]=[Ti]([O-])[O-]. The Kier molecular flexibility index (Phi) is 25.7. The molecule has 0 aliphatic rings. The van der Waals surface area contributed by atoms with E-state index in [0.29, 0.717) is 0 Å². The van der Waals surface area contributed by atoms with Crippen molar-refractivity contribution in [1.82, 2.24) is 0 Å². The van der Waals surface area contributed by atoms with Gasteiger partial charge in [0.25, 0.3) is 0 Å². The molecule has 5 heteroatoms. The Labute approximate surface area is 73.5 Å². The summed E-state index contributed by atoms with van der Waals surface area (Å²) in [6, 6.07) is 0. The summed E-state index contributed by atoms with van der Waals surface area (Å²) < 4.78 is 25.8. The van der Waals surface area contributed by atoms with Crippen molar-refractivity contribution >= 4 is 37.7 Å². The molecule has 3 nitrogen and oxygen atoms in total. The van der Waals surface area contributed by atoms with Crippen LogP contribution >= 0.6 is 0 Å². The molecule has 0 amide bonds. The number of hydrogen-bond donors (Lipinski definition) is 0.